The van der Waals surface area contributed by atoms with E-state index in [2.05, 4.69) is 42.1 Å². The number of rotatable bonds is 6. The number of hydrogen-bond donors (Lipinski definition) is 2. The largest absolute Gasteiger partial charge is 0.438 e. The Morgan fingerprint density at radius 3 is 2.58 bits per heavy atom. The lowest BCUT2D eigenvalue weighted by molar-refractivity contribution is 0.0951. The fraction of sp³-hybridized carbons (Fsp3) is 0.231. The molecule has 158 valence electrons. The first kappa shape index (κ1) is 20.7. The van der Waals surface area contributed by atoms with E-state index in [1.807, 2.05) is 48.7 Å². The number of aromatic amines is 1. The number of H-pyrrole nitrogens is 1. The zero-order valence-electron chi connectivity index (χ0n) is 18.1. The molecule has 0 bridgehead atoms. The van der Waals surface area contributed by atoms with E-state index in [1.54, 1.807) is 18.3 Å². The second kappa shape index (κ2) is 8.64. The van der Waals surface area contributed by atoms with Crippen molar-refractivity contribution in [1.82, 2.24) is 15.3 Å². The molecule has 1 amide bonds. The monoisotopic (exact) mass is 413 g/mol. The second-order valence-electron chi connectivity index (χ2n) is 8.60. The topological polar surface area (TPSA) is 67.0 Å². The van der Waals surface area contributed by atoms with Gasteiger partial charge in [-0.25, -0.2) is 4.98 Å². The normalized spacial score (nSPS) is 11.5. The molecule has 0 aliphatic heterocycles. The van der Waals surface area contributed by atoms with Crippen molar-refractivity contribution in [2.45, 2.75) is 32.6 Å². The van der Waals surface area contributed by atoms with Crippen LogP contribution in [-0.2, 0) is 11.8 Å². The van der Waals surface area contributed by atoms with Gasteiger partial charge in [-0.05, 0) is 53.3 Å². The van der Waals surface area contributed by atoms with Crippen LogP contribution in [0.5, 0.6) is 11.6 Å². The molecule has 5 nitrogen and oxygen atoms in total. The van der Waals surface area contributed by atoms with Gasteiger partial charge in [-0.1, -0.05) is 51.1 Å². The van der Waals surface area contributed by atoms with E-state index < -0.39 is 0 Å². The van der Waals surface area contributed by atoms with E-state index in [4.69, 9.17) is 4.74 Å². The molecule has 0 saturated carbocycles. The average molecular weight is 414 g/mol. The fourth-order valence-corrected chi connectivity index (χ4v) is 3.52. The Morgan fingerprint density at radius 2 is 1.81 bits per heavy atom. The van der Waals surface area contributed by atoms with Crippen molar-refractivity contribution in [1.29, 1.82) is 0 Å². The fourth-order valence-electron chi connectivity index (χ4n) is 3.52. The number of para-hydroxylation sites is 1. The highest BCUT2D eigenvalue weighted by Gasteiger charge is 2.16. The van der Waals surface area contributed by atoms with Crippen molar-refractivity contribution in [3.8, 4) is 11.6 Å². The maximum Gasteiger partial charge on any atom is 0.256 e. The summed E-state index contributed by atoms with van der Waals surface area (Å²) in [5.74, 6) is 0.754. The van der Waals surface area contributed by atoms with E-state index in [0.717, 1.165) is 11.9 Å². The number of benzene rings is 2. The number of hydrogen-bond acceptors (Lipinski definition) is 3. The van der Waals surface area contributed by atoms with E-state index in [1.165, 1.54) is 16.5 Å². The van der Waals surface area contributed by atoms with Crippen LogP contribution < -0.4 is 10.1 Å². The van der Waals surface area contributed by atoms with E-state index >= 15 is 0 Å². The lowest BCUT2D eigenvalue weighted by Crippen LogP contribution is -2.26. The number of carbonyl (C=O) groups excluding carboxylic acids is 1. The van der Waals surface area contributed by atoms with E-state index in [-0.39, 0.29) is 11.3 Å². The van der Waals surface area contributed by atoms with Crippen LogP contribution in [0.2, 0.25) is 0 Å². The molecule has 0 saturated heterocycles. The molecule has 2 heterocycles. The van der Waals surface area contributed by atoms with Gasteiger partial charge in [-0.15, -0.1) is 0 Å². The third-order valence-electron chi connectivity index (χ3n) is 5.31. The lowest BCUT2D eigenvalue weighted by atomic mass is 9.87. The first-order chi connectivity index (χ1) is 14.9. The molecule has 0 spiro atoms. The Morgan fingerprint density at radius 1 is 1.03 bits per heavy atom. The summed E-state index contributed by atoms with van der Waals surface area (Å²) in [4.78, 5) is 20.3. The molecule has 4 rings (SSSR count). The molecule has 0 fully saturated rings. The molecule has 5 heteroatoms. The summed E-state index contributed by atoms with van der Waals surface area (Å²) < 4.78 is 5.93. The zero-order chi connectivity index (χ0) is 21.8. The highest BCUT2D eigenvalue weighted by molar-refractivity contribution is 5.96. The van der Waals surface area contributed by atoms with E-state index in [9.17, 15) is 4.79 Å². The van der Waals surface area contributed by atoms with Crippen LogP contribution in [0.25, 0.3) is 10.9 Å². The smallest absolute Gasteiger partial charge is 0.256 e. The van der Waals surface area contributed by atoms with Crippen LogP contribution in [0.15, 0.2) is 73.1 Å². The van der Waals surface area contributed by atoms with Crippen LogP contribution in [0, 0.1) is 0 Å². The van der Waals surface area contributed by atoms with Gasteiger partial charge in [0.05, 0.1) is 0 Å². The number of fused-ring (bicyclic) bond motifs is 1. The molecule has 2 N–H and O–H groups in total. The molecule has 2 aromatic carbocycles. The Bertz CT molecular complexity index is 1190. The number of aromatic nitrogens is 2. The summed E-state index contributed by atoms with van der Waals surface area (Å²) in [5.41, 5.74) is 3.98. The van der Waals surface area contributed by atoms with Crippen molar-refractivity contribution in [2.75, 3.05) is 6.54 Å². The number of ether oxygens (including phenoxy) is 1. The third kappa shape index (κ3) is 4.77. The van der Waals surface area contributed by atoms with Crippen molar-refractivity contribution in [3.63, 3.8) is 0 Å². The summed E-state index contributed by atoms with van der Waals surface area (Å²) in [6.45, 7) is 7.02. The van der Waals surface area contributed by atoms with Crippen LogP contribution >= 0.6 is 0 Å². The molecule has 4 aromatic rings. The van der Waals surface area contributed by atoms with Gasteiger partial charge < -0.3 is 15.0 Å². The van der Waals surface area contributed by atoms with Gasteiger partial charge in [0.15, 0.2) is 0 Å². The first-order valence-corrected chi connectivity index (χ1v) is 10.5. The standard InChI is InChI=1S/C26H27N3O2/c1-26(2,3)19-10-12-20(13-11-19)31-25-22(8-6-15-28-25)24(30)27-16-14-18-17-29-23-9-5-4-7-21(18)23/h4-13,15,17,29H,14,16H2,1-3H3,(H,27,30). The Hall–Kier alpha value is -3.60. The Balaban J connectivity index is 1.42. The van der Waals surface area contributed by atoms with Gasteiger partial charge in [0.1, 0.15) is 11.3 Å². The summed E-state index contributed by atoms with van der Waals surface area (Å²) in [5, 5.41) is 4.17. The number of nitrogens with zero attached hydrogens (tertiary/aromatic N) is 1. The predicted molar refractivity (Wildman–Crippen MR) is 124 cm³/mol. The average Bonchev–Trinajstić information content (AvgIpc) is 3.17. The highest BCUT2D eigenvalue weighted by Crippen LogP contribution is 2.27. The first-order valence-electron chi connectivity index (χ1n) is 10.5. The van der Waals surface area contributed by atoms with Crippen molar-refractivity contribution in [2.24, 2.45) is 0 Å². The number of amides is 1. The van der Waals surface area contributed by atoms with Crippen LogP contribution in [0.3, 0.4) is 0 Å². The molecule has 0 atom stereocenters. The number of carbonyl (C=O) groups is 1. The van der Waals surface area contributed by atoms with Gasteiger partial charge >= 0.3 is 0 Å². The van der Waals surface area contributed by atoms with Crippen molar-refractivity contribution >= 4 is 16.8 Å². The number of pyridine rings is 1. The van der Waals surface area contributed by atoms with Gasteiger partial charge in [-0.3, -0.25) is 4.79 Å². The quantitative estimate of drug-likeness (QED) is 0.431. The molecule has 2 aromatic heterocycles. The minimum atomic E-state index is -0.200. The van der Waals surface area contributed by atoms with Crippen molar-refractivity contribution in [3.05, 3.63) is 89.7 Å². The van der Waals surface area contributed by atoms with Crippen LogP contribution in [0.4, 0.5) is 0 Å². The minimum absolute atomic E-state index is 0.0688. The van der Waals surface area contributed by atoms with E-state index in [0.29, 0.717) is 23.7 Å². The summed E-state index contributed by atoms with van der Waals surface area (Å²) in [7, 11) is 0. The molecular weight excluding hydrogens is 386 g/mol. The minimum Gasteiger partial charge on any atom is -0.438 e. The maximum absolute atomic E-state index is 12.8. The molecule has 0 radical (unpaired) electrons. The van der Waals surface area contributed by atoms with Crippen LogP contribution in [0.1, 0.15) is 42.3 Å². The van der Waals surface area contributed by atoms with Crippen LogP contribution in [-0.4, -0.2) is 22.4 Å². The summed E-state index contributed by atoms with van der Waals surface area (Å²) in [6.07, 6.45) is 4.36. The van der Waals surface area contributed by atoms with Gasteiger partial charge in [-0.2, -0.15) is 0 Å². The zero-order valence-corrected chi connectivity index (χ0v) is 18.1. The van der Waals surface area contributed by atoms with Gasteiger partial charge in [0.25, 0.3) is 5.91 Å². The predicted octanol–water partition coefficient (Wildman–Crippen LogP) is 5.63. The molecule has 0 aliphatic carbocycles. The molecule has 0 aliphatic rings. The maximum atomic E-state index is 12.8. The molecule has 31 heavy (non-hydrogen) atoms. The summed E-state index contributed by atoms with van der Waals surface area (Å²) in [6, 6.07) is 19.5. The highest BCUT2D eigenvalue weighted by atomic mass is 16.5. The van der Waals surface area contributed by atoms with Gasteiger partial charge in [0.2, 0.25) is 5.88 Å². The van der Waals surface area contributed by atoms with Crippen molar-refractivity contribution < 1.29 is 9.53 Å². The Labute approximate surface area is 182 Å². The Kier molecular flexibility index (Phi) is 5.76. The molecule has 0 unspecified atom stereocenters. The van der Waals surface area contributed by atoms with Gasteiger partial charge in [0, 0.05) is 29.8 Å². The number of nitrogens with one attached hydrogen (secondary N) is 2. The SMILES string of the molecule is CC(C)(C)c1ccc(Oc2ncccc2C(=O)NCCc2c[nH]c3ccccc23)cc1. The lowest BCUT2D eigenvalue weighted by Gasteiger charge is -2.19. The molecular formula is C26H27N3O2. The third-order valence-corrected chi connectivity index (χ3v) is 5.31. The second-order valence-corrected chi connectivity index (χ2v) is 8.60. The summed E-state index contributed by atoms with van der Waals surface area (Å²) >= 11 is 0.